The lowest BCUT2D eigenvalue weighted by Crippen LogP contribution is -2.28. The van der Waals surface area contributed by atoms with Gasteiger partial charge < -0.3 is 4.90 Å². The van der Waals surface area contributed by atoms with Gasteiger partial charge in [0.1, 0.15) is 0 Å². The Kier molecular flexibility index (Phi) is 4.23. The molecule has 2 nitrogen and oxygen atoms in total. The van der Waals surface area contributed by atoms with Crippen LogP contribution in [0.4, 0.5) is 0 Å². The number of hydrogen-bond donors (Lipinski definition) is 0. The Bertz CT molecular complexity index is 310. The molecule has 1 aromatic carbocycles. The van der Waals surface area contributed by atoms with Gasteiger partial charge in [0.25, 0.3) is 5.91 Å². The number of alkyl halides is 1. The van der Waals surface area contributed by atoms with Crippen molar-refractivity contribution < 1.29 is 4.79 Å². The van der Waals surface area contributed by atoms with Crippen LogP contribution in [-0.4, -0.2) is 30.3 Å². The zero-order valence-electron chi connectivity index (χ0n) is 7.84. The highest BCUT2D eigenvalue weighted by Crippen LogP contribution is 2.10. The summed E-state index contributed by atoms with van der Waals surface area (Å²) < 4.78 is 0. The van der Waals surface area contributed by atoms with Crippen molar-refractivity contribution in [2.75, 3.05) is 19.5 Å². The molecular weight excluding hydrogens is 221 g/mol. The van der Waals surface area contributed by atoms with Gasteiger partial charge in [-0.3, -0.25) is 4.79 Å². The number of carbonyl (C=O) groups excluding carboxylic acids is 1. The van der Waals surface area contributed by atoms with Crippen molar-refractivity contribution in [3.8, 4) is 0 Å². The SMILES string of the molecule is CN(CCCl)C(=O)c1ccc(Cl)cc1. The van der Waals surface area contributed by atoms with Gasteiger partial charge >= 0.3 is 0 Å². The molecule has 0 atom stereocenters. The second kappa shape index (κ2) is 5.23. The van der Waals surface area contributed by atoms with E-state index in [1.165, 1.54) is 0 Å². The standard InChI is InChI=1S/C10H11Cl2NO/c1-13(7-6-11)10(14)8-2-4-9(12)5-3-8/h2-5H,6-7H2,1H3. The van der Waals surface area contributed by atoms with Crippen LogP contribution in [0.2, 0.25) is 5.02 Å². The van der Waals surface area contributed by atoms with Crippen LogP contribution in [0.1, 0.15) is 10.4 Å². The summed E-state index contributed by atoms with van der Waals surface area (Å²) in [4.78, 5) is 13.2. The number of benzene rings is 1. The Labute approximate surface area is 93.4 Å². The Morgan fingerprint density at radius 2 is 1.93 bits per heavy atom. The molecule has 0 spiro atoms. The van der Waals surface area contributed by atoms with Crippen molar-refractivity contribution in [2.24, 2.45) is 0 Å². The van der Waals surface area contributed by atoms with E-state index < -0.39 is 0 Å². The van der Waals surface area contributed by atoms with E-state index in [0.29, 0.717) is 23.0 Å². The topological polar surface area (TPSA) is 20.3 Å². The average Bonchev–Trinajstić information content (AvgIpc) is 2.18. The summed E-state index contributed by atoms with van der Waals surface area (Å²) in [6, 6.07) is 6.80. The van der Waals surface area contributed by atoms with E-state index in [9.17, 15) is 4.79 Å². The molecule has 4 heteroatoms. The quantitative estimate of drug-likeness (QED) is 0.733. The zero-order chi connectivity index (χ0) is 10.6. The number of amides is 1. The van der Waals surface area contributed by atoms with Gasteiger partial charge in [0.05, 0.1) is 0 Å². The lowest BCUT2D eigenvalue weighted by molar-refractivity contribution is 0.0803. The molecule has 1 amide bonds. The summed E-state index contributed by atoms with van der Waals surface area (Å²) in [5.74, 6) is 0.401. The molecule has 76 valence electrons. The van der Waals surface area contributed by atoms with E-state index in [2.05, 4.69) is 0 Å². The lowest BCUT2D eigenvalue weighted by Gasteiger charge is -2.15. The first-order chi connectivity index (χ1) is 6.65. The maximum Gasteiger partial charge on any atom is 0.253 e. The minimum atomic E-state index is -0.0395. The van der Waals surface area contributed by atoms with Crippen LogP contribution in [0.25, 0.3) is 0 Å². The van der Waals surface area contributed by atoms with E-state index in [0.717, 1.165) is 0 Å². The van der Waals surface area contributed by atoms with Crippen LogP contribution in [0, 0.1) is 0 Å². The molecule has 0 aliphatic rings. The van der Waals surface area contributed by atoms with Crippen molar-refractivity contribution in [3.05, 3.63) is 34.9 Å². The van der Waals surface area contributed by atoms with Crippen LogP contribution >= 0.6 is 23.2 Å². The second-order valence-corrected chi connectivity index (χ2v) is 3.74. The fourth-order valence-corrected chi connectivity index (χ4v) is 1.42. The summed E-state index contributed by atoms with van der Waals surface area (Å²) >= 11 is 11.2. The molecule has 0 radical (unpaired) electrons. The first-order valence-corrected chi connectivity index (χ1v) is 5.13. The van der Waals surface area contributed by atoms with Crippen LogP contribution < -0.4 is 0 Å². The second-order valence-electron chi connectivity index (χ2n) is 2.92. The Balaban J connectivity index is 2.74. The smallest absolute Gasteiger partial charge is 0.253 e. The van der Waals surface area contributed by atoms with Crippen molar-refractivity contribution in [1.29, 1.82) is 0 Å². The highest BCUT2D eigenvalue weighted by molar-refractivity contribution is 6.30. The predicted octanol–water partition coefficient (Wildman–Crippen LogP) is 2.65. The minimum absolute atomic E-state index is 0.0395. The zero-order valence-corrected chi connectivity index (χ0v) is 9.35. The number of hydrogen-bond acceptors (Lipinski definition) is 1. The van der Waals surface area contributed by atoms with Crippen LogP contribution in [0.5, 0.6) is 0 Å². The molecule has 0 aromatic heterocycles. The van der Waals surface area contributed by atoms with E-state index in [1.54, 1.807) is 36.2 Å². The molecule has 0 aliphatic carbocycles. The third kappa shape index (κ3) is 2.89. The maximum atomic E-state index is 11.7. The monoisotopic (exact) mass is 231 g/mol. The predicted molar refractivity (Wildman–Crippen MR) is 59.1 cm³/mol. The number of carbonyl (C=O) groups is 1. The first kappa shape index (κ1) is 11.3. The highest BCUT2D eigenvalue weighted by Gasteiger charge is 2.09. The van der Waals surface area contributed by atoms with E-state index in [-0.39, 0.29) is 5.91 Å². The Morgan fingerprint density at radius 1 is 1.36 bits per heavy atom. The molecule has 0 N–H and O–H groups in total. The molecule has 1 rings (SSSR count). The highest BCUT2D eigenvalue weighted by atomic mass is 35.5. The van der Waals surface area contributed by atoms with Gasteiger partial charge in [0.15, 0.2) is 0 Å². The average molecular weight is 232 g/mol. The van der Waals surface area contributed by atoms with Gasteiger partial charge in [-0.05, 0) is 24.3 Å². The molecule has 1 aromatic rings. The fraction of sp³-hybridized carbons (Fsp3) is 0.300. The molecule has 0 saturated heterocycles. The van der Waals surface area contributed by atoms with E-state index in [1.807, 2.05) is 0 Å². The molecule has 0 bridgehead atoms. The van der Waals surface area contributed by atoms with Gasteiger partial charge in [-0.15, -0.1) is 11.6 Å². The van der Waals surface area contributed by atoms with Crippen molar-refractivity contribution in [3.63, 3.8) is 0 Å². The van der Waals surface area contributed by atoms with Crippen molar-refractivity contribution >= 4 is 29.1 Å². The van der Waals surface area contributed by atoms with Gasteiger partial charge in [0.2, 0.25) is 0 Å². The van der Waals surface area contributed by atoms with Crippen molar-refractivity contribution in [2.45, 2.75) is 0 Å². The van der Waals surface area contributed by atoms with Gasteiger partial charge in [-0.1, -0.05) is 11.6 Å². The third-order valence-electron chi connectivity index (χ3n) is 1.86. The van der Waals surface area contributed by atoms with E-state index >= 15 is 0 Å². The molecular formula is C10H11Cl2NO. The molecule has 0 heterocycles. The molecule has 0 unspecified atom stereocenters. The van der Waals surface area contributed by atoms with Crippen LogP contribution in [-0.2, 0) is 0 Å². The summed E-state index contributed by atoms with van der Waals surface area (Å²) in [6.45, 7) is 0.545. The molecule has 0 aliphatic heterocycles. The van der Waals surface area contributed by atoms with Crippen LogP contribution in [0.3, 0.4) is 0 Å². The maximum absolute atomic E-state index is 11.7. The Hall–Kier alpha value is -0.730. The van der Waals surface area contributed by atoms with Gasteiger partial charge in [-0.25, -0.2) is 0 Å². The largest absolute Gasteiger partial charge is 0.341 e. The number of halogens is 2. The fourth-order valence-electron chi connectivity index (χ4n) is 1.04. The Morgan fingerprint density at radius 3 is 2.43 bits per heavy atom. The summed E-state index contributed by atoms with van der Waals surface area (Å²) in [5, 5.41) is 0.626. The third-order valence-corrected chi connectivity index (χ3v) is 2.28. The van der Waals surface area contributed by atoms with Crippen molar-refractivity contribution in [1.82, 2.24) is 4.90 Å². The number of rotatable bonds is 3. The first-order valence-electron chi connectivity index (χ1n) is 4.22. The van der Waals surface area contributed by atoms with Crippen LogP contribution in [0.15, 0.2) is 24.3 Å². The summed E-state index contributed by atoms with van der Waals surface area (Å²) in [6.07, 6.45) is 0. The molecule has 14 heavy (non-hydrogen) atoms. The lowest BCUT2D eigenvalue weighted by atomic mass is 10.2. The summed E-state index contributed by atoms with van der Waals surface area (Å²) in [7, 11) is 1.72. The minimum Gasteiger partial charge on any atom is -0.341 e. The van der Waals surface area contributed by atoms with Gasteiger partial charge in [0, 0.05) is 30.1 Å². The normalized spacial score (nSPS) is 9.93. The molecule has 0 saturated carbocycles. The number of nitrogens with zero attached hydrogens (tertiary/aromatic N) is 1. The molecule has 0 fully saturated rings. The summed E-state index contributed by atoms with van der Waals surface area (Å²) in [5.41, 5.74) is 0.627. The van der Waals surface area contributed by atoms with Gasteiger partial charge in [-0.2, -0.15) is 0 Å². The van der Waals surface area contributed by atoms with E-state index in [4.69, 9.17) is 23.2 Å².